The number of furan rings is 1. The Bertz CT molecular complexity index is 1400. The lowest BCUT2D eigenvalue weighted by molar-refractivity contribution is -0.122. The molecule has 0 bridgehead atoms. The molecule has 3 aromatic rings. The van der Waals surface area contributed by atoms with E-state index in [4.69, 9.17) is 56.2 Å². The number of methoxy groups -OCH3 is 1. The third-order valence-corrected chi connectivity index (χ3v) is 6.26. The minimum Gasteiger partial charge on any atom is -0.465 e. The number of esters is 1. The molecule has 0 aliphatic carbocycles. The molecule has 2 heterocycles. The van der Waals surface area contributed by atoms with Crippen molar-refractivity contribution in [1.29, 1.82) is 0 Å². The number of benzene rings is 2. The lowest BCUT2D eigenvalue weighted by Crippen LogP contribution is -2.54. The van der Waals surface area contributed by atoms with Crippen LogP contribution >= 0.6 is 47.0 Å². The third-order valence-electron chi connectivity index (χ3n) is 4.84. The van der Waals surface area contributed by atoms with Gasteiger partial charge in [-0.25, -0.2) is 4.79 Å². The Morgan fingerprint density at radius 1 is 1.09 bits per heavy atom. The van der Waals surface area contributed by atoms with Crippen LogP contribution in [0.4, 0.5) is 5.69 Å². The molecule has 0 spiro atoms. The molecule has 1 aliphatic heterocycles. The Kier molecular flexibility index (Phi) is 6.77. The van der Waals surface area contributed by atoms with Gasteiger partial charge in [0.2, 0.25) is 0 Å². The molecule has 7 nitrogen and oxygen atoms in total. The molecule has 0 atom stereocenters. The molecule has 1 fully saturated rings. The van der Waals surface area contributed by atoms with Gasteiger partial charge < -0.3 is 9.15 Å². The molecule has 0 unspecified atom stereocenters. The summed E-state index contributed by atoms with van der Waals surface area (Å²) in [7, 11) is 1.27. The minimum absolute atomic E-state index is 0.107. The van der Waals surface area contributed by atoms with Crippen molar-refractivity contribution < 1.29 is 23.5 Å². The zero-order valence-electron chi connectivity index (χ0n) is 17.2. The summed E-state index contributed by atoms with van der Waals surface area (Å²) < 4.78 is 10.5. The van der Waals surface area contributed by atoms with Gasteiger partial charge in [0.1, 0.15) is 17.1 Å². The van der Waals surface area contributed by atoms with E-state index in [0.717, 1.165) is 4.90 Å². The Morgan fingerprint density at radius 3 is 2.59 bits per heavy atom. The predicted octanol–water partition coefficient (Wildman–Crippen LogP) is 5.52. The highest BCUT2D eigenvalue weighted by Gasteiger charge is 2.36. The number of amides is 2. The summed E-state index contributed by atoms with van der Waals surface area (Å²) in [4.78, 5) is 38.7. The van der Waals surface area contributed by atoms with Crippen LogP contribution in [0.15, 0.2) is 58.5 Å². The van der Waals surface area contributed by atoms with Gasteiger partial charge in [-0.1, -0.05) is 40.9 Å². The van der Waals surface area contributed by atoms with Crippen molar-refractivity contribution in [2.45, 2.75) is 0 Å². The average molecular weight is 536 g/mol. The van der Waals surface area contributed by atoms with Gasteiger partial charge in [0.15, 0.2) is 5.11 Å². The number of thiocarbonyl (C=S) groups is 1. The van der Waals surface area contributed by atoms with Crippen molar-refractivity contribution >= 4 is 81.7 Å². The highest BCUT2D eigenvalue weighted by atomic mass is 35.5. The molecule has 0 saturated carbocycles. The zero-order chi connectivity index (χ0) is 24.6. The normalized spacial score (nSPS) is 15.0. The van der Waals surface area contributed by atoms with Crippen molar-refractivity contribution in [2.24, 2.45) is 0 Å². The third kappa shape index (κ3) is 4.45. The number of nitrogens with one attached hydrogen (secondary N) is 1. The molecule has 4 rings (SSSR count). The van der Waals surface area contributed by atoms with Gasteiger partial charge in [-0.15, -0.1) is 0 Å². The topological polar surface area (TPSA) is 88.9 Å². The summed E-state index contributed by atoms with van der Waals surface area (Å²) in [5, 5.41) is 2.99. The first-order valence-corrected chi connectivity index (χ1v) is 11.1. The van der Waals surface area contributed by atoms with Crippen LogP contribution in [-0.2, 0) is 14.3 Å². The molecule has 1 aromatic heterocycles. The van der Waals surface area contributed by atoms with E-state index in [1.165, 1.54) is 31.4 Å². The van der Waals surface area contributed by atoms with E-state index in [1.807, 2.05) is 0 Å². The summed E-state index contributed by atoms with van der Waals surface area (Å²) in [5.41, 5.74) is 0.700. The Balaban J connectivity index is 1.71. The maximum atomic E-state index is 13.2. The first-order valence-electron chi connectivity index (χ1n) is 9.54. The van der Waals surface area contributed by atoms with Gasteiger partial charge in [-0.3, -0.25) is 19.8 Å². The van der Waals surface area contributed by atoms with Crippen LogP contribution in [0.2, 0.25) is 15.1 Å². The fourth-order valence-electron chi connectivity index (χ4n) is 3.22. The summed E-state index contributed by atoms with van der Waals surface area (Å²) in [5.74, 6) is -1.43. The number of hydrogen-bond acceptors (Lipinski definition) is 6. The fraction of sp³-hybridized carbons (Fsp3) is 0.0435. The number of carbonyl (C=O) groups is 3. The summed E-state index contributed by atoms with van der Waals surface area (Å²) in [6, 6.07) is 12.4. The lowest BCUT2D eigenvalue weighted by atomic mass is 10.1. The molecule has 1 aliphatic rings. The first-order chi connectivity index (χ1) is 16.2. The van der Waals surface area contributed by atoms with E-state index in [2.05, 4.69) is 5.32 Å². The molecule has 1 saturated heterocycles. The van der Waals surface area contributed by atoms with Crippen LogP contribution in [-0.4, -0.2) is 30.0 Å². The van der Waals surface area contributed by atoms with Crippen molar-refractivity contribution in [3.8, 4) is 11.3 Å². The molecule has 1 N–H and O–H groups in total. The van der Waals surface area contributed by atoms with Crippen LogP contribution in [0, 0.1) is 0 Å². The van der Waals surface area contributed by atoms with Gasteiger partial charge >= 0.3 is 5.97 Å². The van der Waals surface area contributed by atoms with Crippen molar-refractivity contribution in [1.82, 2.24) is 5.32 Å². The molecule has 34 heavy (non-hydrogen) atoms. The van der Waals surface area contributed by atoms with E-state index in [0.29, 0.717) is 16.3 Å². The van der Waals surface area contributed by atoms with E-state index in [1.54, 1.807) is 30.3 Å². The molecule has 11 heteroatoms. The number of ether oxygens (including phenoxy) is 1. The van der Waals surface area contributed by atoms with Gasteiger partial charge in [0, 0.05) is 5.56 Å². The predicted molar refractivity (Wildman–Crippen MR) is 133 cm³/mol. The quantitative estimate of drug-likeness (QED) is 0.205. The number of halogens is 3. The van der Waals surface area contributed by atoms with Crippen LogP contribution in [0.3, 0.4) is 0 Å². The molecule has 0 radical (unpaired) electrons. The highest BCUT2D eigenvalue weighted by Crippen LogP contribution is 2.35. The van der Waals surface area contributed by atoms with Crippen LogP contribution < -0.4 is 10.2 Å². The Labute approximate surface area is 213 Å². The number of anilines is 1. The monoisotopic (exact) mass is 534 g/mol. The molecule has 2 aromatic carbocycles. The van der Waals surface area contributed by atoms with Crippen LogP contribution in [0.1, 0.15) is 16.1 Å². The van der Waals surface area contributed by atoms with Crippen molar-refractivity contribution in [2.75, 3.05) is 12.0 Å². The van der Waals surface area contributed by atoms with Gasteiger partial charge in [-0.05, 0) is 60.8 Å². The lowest BCUT2D eigenvalue weighted by Gasteiger charge is -2.29. The highest BCUT2D eigenvalue weighted by molar-refractivity contribution is 7.80. The summed E-state index contributed by atoms with van der Waals surface area (Å²) in [6.07, 6.45) is 1.27. The van der Waals surface area contributed by atoms with E-state index < -0.39 is 17.8 Å². The van der Waals surface area contributed by atoms with Crippen LogP contribution in [0.5, 0.6) is 0 Å². The summed E-state index contributed by atoms with van der Waals surface area (Å²) >= 11 is 23.8. The number of carbonyl (C=O) groups excluding carboxylic acids is 3. The zero-order valence-corrected chi connectivity index (χ0v) is 20.3. The average Bonchev–Trinajstić information content (AvgIpc) is 3.27. The number of hydrogen-bond donors (Lipinski definition) is 1. The largest absolute Gasteiger partial charge is 0.465 e. The Hall–Kier alpha value is -3.17. The van der Waals surface area contributed by atoms with E-state index in [9.17, 15) is 14.4 Å². The van der Waals surface area contributed by atoms with Crippen molar-refractivity contribution in [3.63, 3.8) is 0 Å². The smallest absolute Gasteiger partial charge is 0.337 e. The second kappa shape index (κ2) is 9.60. The molecule has 172 valence electrons. The maximum Gasteiger partial charge on any atom is 0.337 e. The van der Waals surface area contributed by atoms with Gasteiger partial charge in [0.25, 0.3) is 11.8 Å². The van der Waals surface area contributed by atoms with Gasteiger partial charge in [-0.2, -0.15) is 0 Å². The number of nitrogens with zero attached hydrogens (tertiary/aromatic N) is 1. The summed E-state index contributed by atoms with van der Waals surface area (Å²) in [6.45, 7) is 0. The minimum atomic E-state index is -0.707. The standard InChI is InChI=1S/C23H13Cl3N2O5S/c1-32-22(31)11-5-7-15(24)13(9-11)18-8-6-12(33-18)10-14-20(29)27-23(34)28(21(14)30)17-4-2-3-16(25)19(17)26/h2-10H,1H3,(H,27,29,34)/b14-10+. The first kappa shape index (κ1) is 24.0. The second-order valence-electron chi connectivity index (χ2n) is 6.92. The van der Waals surface area contributed by atoms with Crippen molar-refractivity contribution in [3.05, 3.63) is 80.5 Å². The Morgan fingerprint density at radius 2 is 1.85 bits per heavy atom. The van der Waals surface area contributed by atoms with E-state index >= 15 is 0 Å². The number of rotatable bonds is 4. The SMILES string of the molecule is COC(=O)c1ccc(Cl)c(-c2ccc(/C=C3\C(=O)NC(=S)N(c4cccc(Cl)c4Cl)C3=O)o2)c1. The molecular weight excluding hydrogens is 523 g/mol. The second-order valence-corrected chi connectivity index (χ2v) is 8.50. The van der Waals surface area contributed by atoms with Gasteiger partial charge in [0.05, 0.1) is 33.4 Å². The maximum absolute atomic E-state index is 13.2. The fourth-order valence-corrected chi connectivity index (χ4v) is 4.08. The molecular formula is C23H13Cl3N2O5S. The van der Waals surface area contributed by atoms with Crippen LogP contribution in [0.25, 0.3) is 17.4 Å². The molecule has 2 amide bonds. The van der Waals surface area contributed by atoms with E-state index in [-0.39, 0.29) is 37.7 Å².